The highest BCUT2D eigenvalue weighted by atomic mass is 32.2. The second-order valence-corrected chi connectivity index (χ2v) is 8.84. The fourth-order valence-electron chi connectivity index (χ4n) is 4.15. The Hall–Kier alpha value is -2.67. The van der Waals surface area contributed by atoms with Crippen molar-refractivity contribution in [3.05, 3.63) is 66.2 Å². The van der Waals surface area contributed by atoms with Crippen molar-refractivity contribution in [2.45, 2.75) is 24.9 Å². The Labute approximate surface area is 187 Å². The highest BCUT2D eigenvalue weighted by molar-refractivity contribution is 7.99. The van der Waals surface area contributed by atoms with E-state index >= 15 is 0 Å². The van der Waals surface area contributed by atoms with Crippen molar-refractivity contribution < 1.29 is 19.1 Å². The van der Waals surface area contributed by atoms with Gasteiger partial charge in [-0.3, -0.25) is 9.69 Å². The lowest BCUT2D eigenvalue weighted by atomic mass is 9.99. The van der Waals surface area contributed by atoms with E-state index in [-0.39, 0.29) is 24.1 Å². The Balaban J connectivity index is 1.20. The van der Waals surface area contributed by atoms with Gasteiger partial charge in [0.1, 0.15) is 12.4 Å². The van der Waals surface area contributed by atoms with E-state index in [1.165, 1.54) is 0 Å². The lowest BCUT2D eigenvalue weighted by molar-refractivity contribution is -0.129. The molecule has 0 bridgehead atoms. The molecular weight excluding hydrogens is 412 g/mol. The number of para-hydroxylation sites is 1. The summed E-state index contributed by atoms with van der Waals surface area (Å²) in [4.78, 5) is 28.8. The molecule has 31 heavy (non-hydrogen) atoms. The molecule has 164 valence electrons. The lowest BCUT2D eigenvalue weighted by Crippen LogP contribution is -2.48. The molecule has 0 aromatic heterocycles. The maximum Gasteiger partial charge on any atom is 0.410 e. The Bertz CT molecular complexity index is 856. The number of benzene rings is 2. The topological polar surface area (TPSA) is 59.1 Å². The number of rotatable bonds is 8. The summed E-state index contributed by atoms with van der Waals surface area (Å²) in [5, 5.41) is 0. The minimum atomic E-state index is -0.243. The largest absolute Gasteiger partial charge is 0.493 e. The molecule has 4 rings (SSSR count). The molecule has 2 amide bonds. The smallest absolute Gasteiger partial charge is 0.410 e. The number of carbonyl (C=O) groups excluding carboxylic acids is 2. The van der Waals surface area contributed by atoms with Gasteiger partial charge in [0.15, 0.2) is 0 Å². The summed E-state index contributed by atoms with van der Waals surface area (Å²) in [5.41, 5.74) is 1.10. The van der Waals surface area contributed by atoms with Crippen LogP contribution in [0.25, 0.3) is 0 Å². The molecule has 2 aliphatic rings. The van der Waals surface area contributed by atoms with Gasteiger partial charge >= 0.3 is 6.09 Å². The van der Waals surface area contributed by atoms with E-state index in [4.69, 9.17) is 9.47 Å². The fraction of sp³-hybridized carbons (Fsp3) is 0.417. The summed E-state index contributed by atoms with van der Waals surface area (Å²) < 4.78 is 11.0. The van der Waals surface area contributed by atoms with Crippen molar-refractivity contribution in [1.29, 1.82) is 0 Å². The Kier molecular flexibility index (Phi) is 7.35. The van der Waals surface area contributed by atoms with Crippen LogP contribution >= 0.6 is 11.8 Å². The van der Waals surface area contributed by atoms with Crippen LogP contribution in [0.2, 0.25) is 0 Å². The van der Waals surface area contributed by atoms with Gasteiger partial charge in [-0.25, -0.2) is 4.79 Å². The SMILES string of the molecule is O=C(CSCCOc1ccccc1)N1CCC(N2C(=O)OCC2c2ccccc2)CC1. The molecule has 0 N–H and O–H groups in total. The molecule has 0 saturated carbocycles. The highest BCUT2D eigenvalue weighted by Gasteiger charge is 2.40. The number of piperidine rings is 1. The van der Waals surface area contributed by atoms with Crippen molar-refractivity contribution in [3.63, 3.8) is 0 Å². The number of cyclic esters (lactones) is 1. The number of ether oxygens (including phenoxy) is 2. The van der Waals surface area contributed by atoms with Crippen molar-refractivity contribution in [2.75, 3.05) is 37.8 Å². The molecule has 1 unspecified atom stereocenters. The van der Waals surface area contributed by atoms with Gasteiger partial charge in [-0.2, -0.15) is 0 Å². The molecule has 1 atom stereocenters. The predicted molar refractivity (Wildman–Crippen MR) is 121 cm³/mol. The van der Waals surface area contributed by atoms with E-state index in [0.717, 1.165) is 29.9 Å². The molecule has 0 aliphatic carbocycles. The van der Waals surface area contributed by atoms with Gasteiger partial charge in [-0.1, -0.05) is 48.5 Å². The monoisotopic (exact) mass is 440 g/mol. The summed E-state index contributed by atoms with van der Waals surface area (Å²) in [6.07, 6.45) is 1.32. The number of thioether (sulfide) groups is 1. The Morgan fingerprint density at radius 2 is 1.71 bits per heavy atom. The summed E-state index contributed by atoms with van der Waals surface area (Å²) >= 11 is 1.60. The van der Waals surface area contributed by atoms with Crippen LogP contribution in [-0.4, -0.2) is 65.7 Å². The van der Waals surface area contributed by atoms with Crippen LogP contribution < -0.4 is 4.74 Å². The van der Waals surface area contributed by atoms with E-state index in [1.54, 1.807) is 11.8 Å². The maximum atomic E-state index is 12.6. The zero-order chi connectivity index (χ0) is 21.5. The lowest BCUT2D eigenvalue weighted by Gasteiger charge is -2.38. The molecular formula is C24H28N2O4S. The predicted octanol–water partition coefficient (Wildman–Crippen LogP) is 3.98. The quantitative estimate of drug-likeness (QED) is 0.581. The first kappa shape index (κ1) is 21.6. The molecule has 2 fully saturated rings. The average molecular weight is 441 g/mol. The summed E-state index contributed by atoms with van der Waals surface area (Å²) in [5.74, 6) is 2.24. The minimum Gasteiger partial charge on any atom is -0.493 e. The molecule has 2 aromatic rings. The van der Waals surface area contributed by atoms with Crippen LogP contribution in [0.5, 0.6) is 5.75 Å². The standard InChI is InChI=1S/C24H28N2O4S/c27-23(18-31-16-15-29-21-9-5-2-6-10-21)25-13-11-20(12-14-25)26-22(17-30-24(26)28)19-7-3-1-4-8-19/h1-10,20,22H,11-18H2. The van der Waals surface area contributed by atoms with Crippen molar-refractivity contribution in [3.8, 4) is 5.75 Å². The van der Waals surface area contributed by atoms with Crippen molar-refractivity contribution in [2.24, 2.45) is 0 Å². The third-order valence-corrected chi connectivity index (χ3v) is 6.68. The van der Waals surface area contributed by atoms with Gasteiger partial charge in [-0.15, -0.1) is 11.8 Å². The van der Waals surface area contributed by atoms with Crippen LogP contribution in [0.4, 0.5) is 4.79 Å². The number of nitrogens with zero attached hydrogens (tertiary/aromatic N) is 2. The van der Waals surface area contributed by atoms with Crippen LogP contribution in [0, 0.1) is 0 Å². The summed E-state index contributed by atoms with van der Waals surface area (Å²) in [6, 6.07) is 19.8. The van der Waals surface area contributed by atoms with Gasteiger partial charge in [0.25, 0.3) is 0 Å². The first-order chi connectivity index (χ1) is 15.2. The summed E-state index contributed by atoms with van der Waals surface area (Å²) in [6.45, 7) is 2.33. The van der Waals surface area contributed by atoms with Crippen molar-refractivity contribution in [1.82, 2.24) is 9.80 Å². The zero-order valence-corrected chi connectivity index (χ0v) is 18.3. The highest BCUT2D eigenvalue weighted by Crippen LogP contribution is 2.33. The van der Waals surface area contributed by atoms with E-state index in [9.17, 15) is 9.59 Å². The third-order valence-electron chi connectivity index (χ3n) is 5.77. The van der Waals surface area contributed by atoms with Gasteiger partial charge in [0.05, 0.1) is 18.4 Å². The molecule has 2 aliphatic heterocycles. The van der Waals surface area contributed by atoms with Crippen LogP contribution in [0.15, 0.2) is 60.7 Å². The number of hydrogen-bond acceptors (Lipinski definition) is 5. The molecule has 0 radical (unpaired) electrons. The van der Waals surface area contributed by atoms with E-state index in [0.29, 0.717) is 32.1 Å². The average Bonchev–Trinajstić information content (AvgIpc) is 3.21. The van der Waals surface area contributed by atoms with Crippen LogP contribution in [0.1, 0.15) is 24.4 Å². The second kappa shape index (κ2) is 10.6. The fourth-order valence-corrected chi connectivity index (χ4v) is 4.85. The van der Waals surface area contributed by atoms with Crippen molar-refractivity contribution >= 4 is 23.8 Å². The van der Waals surface area contributed by atoms with Gasteiger partial charge in [-0.05, 0) is 30.5 Å². The van der Waals surface area contributed by atoms with Gasteiger partial charge in [0.2, 0.25) is 5.91 Å². The number of amides is 2. The van der Waals surface area contributed by atoms with Gasteiger partial charge < -0.3 is 14.4 Å². The molecule has 0 spiro atoms. The van der Waals surface area contributed by atoms with Crippen LogP contribution in [0.3, 0.4) is 0 Å². The maximum absolute atomic E-state index is 12.6. The second-order valence-electron chi connectivity index (χ2n) is 7.74. The number of hydrogen-bond donors (Lipinski definition) is 0. The first-order valence-corrected chi connectivity index (χ1v) is 11.9. The summed E-state index contributed by atoms with van der Waals surface area (Å²) in [7, 11) is 0. The molecule has 6 nitrogen and oxygen atoms in total. The molecule has 7 heteroatoms. The molecule has 2 aromatic carbocycles. The van der Waals surface area contributed by atoms with Gasteiger partial charge in [0, 0.05) is 24.9 Å². The van der Waals surface area contributed by atoms with E-state index in [1.807, 2.05) is 70.5 Å². The molecule has 2 saturated heterocycles. The minimum absolute atomic E-state index is 0.0406. The Morgan fingerprint density at radius 3 is 2.42 bits per heavy atom. The van der Waals surface area contributed by atoms with E-state index in [2.05, 4.69) is 0 Å². The Morgan fingerprint density at radius 1 is 1.03 bits per heavy atom. The number of carbonyl (C=O) groups is 2. The first-order valence-electron chi connectivity index (χ1n) is 10.8. The zero-order valence-electron chi connectivity index (χ0n) is 17.5. The normalized spacial score (nSPS) is 19.4. The number of likely N-dealkylation sites (tertiary alicyclic amines) is 1. The molecule has 2 heterocycles. The van der Waals surface area contributed by atoms with E-state index < -0.39 is 0 Å². The third kappa shape index (κ3) is 5.53. The van der Waals surface area contributed by atoms with Crippen LogP contribution in [-0.2, 0) is 9.53 Å².